The molecule has 1 fully saturated rings. The van der Waals surface area contributed by atoms with E-state index in [1.54, 1.807) is 0 Å². The van der Waals surface area contributed by atoms with Gasteiger partial charge in [-0.25, -0.2) is 0 Å². The van der Waals surface area contributed by atoms with E-state index >= 15 is 0 Å². The summed E-state index contributed by atoms with van der Waals surface area (Å²) in [7, 11) is 0. The molecule has 1 aliphatic rings. The maximum Gasteiger partial charge on any atom is 0.0713 e. The molecular weight excluding hydrogens is 244 g/mol. The highest BCUT2D eigenvalue weighted by Gasteiger charge is 2.25. The molecule has 0 bridgehead atoms. The molecule has 0 radical (unpaired) electrons. The van der Waals surface area contributed by atoms with E-state index in [0.29, 0.717) is 12.0 Å². The van der Waals surface area contributed by atoms with Crippen LogP contribution in [0, 0.1) is 5.92 Å². The first-order chi connectivity index (χ1) is 9.93. The van der Waals surface area contributed by atoms with Gasteiger partial charge < -0.3 is 5.32 Å². The van der Waals surface area contributed by atoms with Gasteiger partial charge in [-0.15, -0.1) is 0 Å². The number of hydrogen-bond acceptors (Lipinski definition) is 2. The molecule has 20 heavy (non-hydrogen) atoms. The Bertz CT molecular complexity index is 503. The minimum Gasteiger partial charge on any atom is -0.376 e. The van der Waals surface area contributed by atoms with Gasteiger partial charge in [-0.2, -0.15) is 0 Å². The van der Waals surface area contributed by atoms with E-state index in [0.717, 1.165) is 0 Å². The van der Waals surface area contributed by atoms with Gasteiger partial charge in [-0.1, -0.05) is 43.5 Å². The number of aromatic nitrogens is 1. The molecule has 0 spiro atoms. The van der Waals surface area contributed by atoms with Crippen molar-refractivity contribution in [3.05, 3.63) is 60.4 Å². The van der Waals surface area contributed by atoms with E-state index in [2.05, 4.69) is 52.8 Å². The summed E-state index contributed by atoms with van der Waals surface area (Å²) in [5, 5.41) is 3.70. The summed E-state index contributed by atoms with van der Waals surface area (Å²) >= 11 is 0. The second kappa shape index (κ2) is 6.56. The van der Waals surface area contributed by atoms with Crippen molar-refractivity contribution in [2.75, 3.05) is 5.32 Å². The van der Waals surface area contributed by atoms with Crippen LogP contribution in [0.4, 0.5) is 5.69 Å². The Morgan fingerprint density at radius 2 is 1.65 bits per heavy atom. The fourth-order valence-electron chi connectivity index (χ4n) is 3.17. The lowest BCUT2D eigenvalue weighted by atomic mass is 9.82. The van der Waals surface area contributed by atoms with E-state index in [1.165, 1.54) is 43.5 Å². The quantitative estimate of drug-likeness (QED) is 0.858. The predicted octanol–water partition coefficient (Wildman–Crippen LogP) is 4.82. The van der Waals surface area contributed by atoms with Crippen LogP contribution in [0.5, 0.6) is 0 Å². The summed E-state index contributed by atoms with van der Waals surface area (Å²) < 4.78 is 0. The molecule has 2 nitrogen and oxygen atoms in total. The highest BCUT2D eigenvalue weighted by Crippen LogP contribution is 2.35. The summed E-state index contributed by atoms with van der Waals surface area (Å²) in [6.45, 7) is 0. The highest BCUT2D eigenvalue weighted by atomic mass is 15.0. The Morgan fingerprint density at radius 1 is 0.900 bits per heavy atom. The Kier molecular flexibility index (Phi) is 4.32. The first-order valence-electron chi connectivity index (χ1n) is 7.66. The van der Waals surface area contributed by atoms with Gasteiger partial charge in [-0.05, 0) is 43.0 Å². The SMILES string of the molecule is c1ccc(NC(c2ccccn2)C2CCCCC2)cc1. The second-order valence-corrected chi connectivity index (χ2v) is 5.64. The average molecular weight is 266 g/mol. The number of nitrogens with zero attached hydrogens (tertiary/aromatic N) is 1. The molecule has 0 aliphatic heterocycles. The molecule has 1 aromatic carbocycles. The zero-order valence-corrected chi connectivity index (χ0v) is 11.8. The van der Waals surface area contributed by atoms with Crippen molar-refractivity contribution in [3.63, 3.8) is 0 Å². The third-order valence-corrected chi connectivity index (χ3v) is 4.22. The highest BCUT2D eigenvalue weighted by molar-refractivity contribution is 5.44. The average Bonchev–Trinajstić information content (AvgIpc) is 2.55. The van der Waals surface area contributed by atoms with Crippen molar-refractivity contribution in [3.8, 4) is 0 Å². The molecule has 1 N–H and O–H groups in total. The van der Waals surface area contributed by atoms with E-state index in [9.17, 15) is 0 Å². The number of pyridine rings is 1. The Balaban J connectivity index is 1.83. The Morgan fingerprint density at radius 3 is 2.35 bits per heavy atom. The first kappa shape index (κ1) is 13.2. The van der Waals surface area contributed by atoms with Crippen LogP contribution in [0.2, 0.25) is 0 Å². The monoisotopic (exact) mass is 266 g/mol. The van der Waals surface area contributed by atoms with Gasteiger partial charge in [0.25, 0.3) is 0 Å². The van der Waals surface area contributed by atoms with Crippen LogP contribution in [0.1, 0.15) is 43.8 Å². The van der Waals surface area contributed by atoms with Crippen LogP contribution in [-0.4, -0.2) is 4.98 Å². The Hall–Kier alpha value is -1.83. The molecule has 2 aromatic rings. The van der Waals surface area contributed by atoms with Gasteiger partial charge in [0.15, 0.2) is 0 Å². The lowest BCUT2D eigenvalue weighted by Gasteiger charge is -2.31. The fourth-order valence-corrected chi connectivity index (χ4v) is 3.17. The number of rotatable bonds is 4. The largest absolute Gasteiger partial charge is 0.376 e. The van der Waals surface area contributed by atoms with Crippen molar-refractivity contribution in [2.24, 2.45) is 5.92 Å². The van der Waals surface area contributed by atoms with Gasteiger partial charge in [0.2, 0.25) is 0 Å². The topological polar surface area (TPSA) is 24.9 Å². The summed E-state index contributed by atoms with van der Waals surface area (Å²) in [6, 6.07) is 17.1. The molecule has 2 heteroatoms. The molecule has 1 saturated carbocycles. The van der Waals surface area contributed by atoms with Crippen molar-refractivity contribution >= 4 is 5.69 Å². The van der Waals surface area contributed by atoms with Crippen molar-refractivity contribution < 1.29 is 0 Å². The molecule has 1 aliphatic carbocycles. The molecule has 104 valence electrons. The van der Waals surface area contributed by atoms with Crippen molar-refractivity contribution in [1.29, 1.82) is 0 Å². The summed E-state index contributed by atoms with van der Waals surface area (Å²) in [5.41, 5.74) is 2.36. The lowest BCUT2D eigenvalue weighted by Crippen LogP contribution is -2.24. The standard InChI is InChI=1S/C18H22N2/c1-3-9-15(10-4-1)18(17-13-7-8-14-19-17)20-16-11-5-2-6-12-16/h2,5-8,11-15,18,20H,1,3-4,9-10H2. The van der Waals surface area contributed by atoms with Gasteiger partial charge in [0.05, 0.1) is 11.7 Å². The molecular formula is C18H22N2. The minimum atomic E-state index is 0.332. The summed E-state index contributed by atoms with van der Waals surface area (Å²) in [4.78, 5) is 4.59. The van der Waals surface area contributed by atoms with Crippen molar-refractivity contribution in [2.45, 2.75) is 38.1 Å². The van der Waals surface area contributed by atoms with Gasteiger partial charge in [-0.3, -0.25) is 4.98 Å². The lowest BCUT2D eigenvalue weighted by molar-refractivity contribution is 0.318. The molecule has 1 aromatic heterocycles. The summed E-state index contributed by atoms with van der Waals surface area (Å²) in [5.74, 6) is 0.693. The van der Waals surface area contributed by atoms with Crippen LogP contribution >= 0.6 is 0 Å². The fraction of sp³-hybridized carbons (Fsp3) is 0.389. The molecule has 0 saturated heterocycles. The van der Waals surface area contributed by atoms with E-state index < -0.39 is 0 Å². The van der Waals surface area contributed by atoms with Crippen LogP contribution in [0.15, 0.2) is 54.7 Å². The van der Waals surface area contributed by atoms with Crippen molar-refractivity contribution in [1.82, 2.24) is 4.98 Å². The second-order valence-electron chi connectivity index (χ2n) is 5.64. The smallest absolute Gasteiger partial charge is 0.0713 e. The van der Waals surface area contributed by atoms with Gasteiger partial charge in [0, 0.05) is 11.9 Å². The summed E-state index contributed by atoms with van der Waals surface area (Å²) in [6.07, 6.45) is 8.60. The number of nitrogens with one attached hydrogen (secondary N) is 1. The third-order valence-electron chi connectivity index (χ3n) is 4.22. The first-order valence-corrected chi connectivity index (χ1v) is 7.66. The van der Waals surface area contributed by atoms with Gasteiger partial charge in [0.1, 0.15) is 0 Å². The number of anilines is 1. The number of para-hydroxylation sites is 1. The zero-order chi connectivity index (χ0) is 13.6. The third kappa shape index (κ3) is 3.19. The van der Waals surface area contributed by atoms with Crippen LogP contribution in [-0.2, 0) is 0 Å². The normalized spacial score (nSPS) is 17.6. The van der Waals surface area contributed by atoms with Crippen LogP contribution < -0.4 is 5.32 Å². The maximum absolute atomic E-state index is 4.59. The predicted molar refractivity (Wildman–Crippen MR) is 83.6 cm³/mol. The number of hydrogen-bond donors (Lipinski definition) is 1. The van der Waals surface area contributed by atoms with Crippen LogP contribution in [0.25, 0.3) is 0 Å². The maximum atomic E-state index is 4.59. The van der Waals surface area contributed by atoms with Gasteiger partial charge >= 0.3 is 0 Å². The Labute approximate surface area is 121 Å². The molecule has 1 unspecified atom stereocenters. The molecule has 0 amide bonds. The molecule has 1 atom stereocenters. The van der Waals surface area contributed by atoms with E-state index in [1.807, 2.05) is 12.3 Å². The van der Waals surface area contributed by atoms with Crippen LogP contribution in [0.3, 0.4) is 0 Å². The van der Waals surface area contributed by atoms with E-state index in [4.69, 9.17) is 0 Å². The molecule has 3 rings (SSSR count). The van der Waals surface area contributed by atoms with E-state index in [-0.39, 0.29) is 0 Å². The number of benzene rings is 1. The molecule has 1 heterocycles. The zero-order valence-electron chi connectivity index (χ0n) is 11.8. The minimum absolute atomic E-state index is 0.332.